The molecule has 0 saturated heterocycles. The minimum absolute atomic E-state index is 0. The largest absolute Gasteiger partial charge is 0.490 e. The van der Waals surface area contributed by atoms with E-state index in [4.69, 9.17) is 10.5 Å². The van der Waals surface area contributed by atoms with E-state index < -0.39 is 0 Å². The summed E-state index contributed by atoms with van der Waals surface area (Å²) in [6.45, 7) is 6.82. The fourth-order valence-electron chi connectivity index (χ4n) is 1.85. The van der Waals surface area contributed by atoms with E-state index in [0.29, 0.717) is 18.5 Å². The molecule has 0 amide bonds. The van der Waals surface area contributed by atoms with Crippen LogP contribution >= 0.6 is 24.0 Å². The van der Waals surface area contributed by atoms with Gasteiger partial charge in [-0.25, -0.2) is 4.99 Å². The lowest BCUT2D eigenvalue weighted by Crippen LogP contribution is -2.33. The smallest absolute Gasteiger partial charge is 0.189 e. The van der Waals surface area contributed by atoms with E-state index in [2.05, 4.69) is 49.3 Å². The van der Waals surface area contributed by atoms with Gasteiger partial charge in [0.15, 0.2) is 5.96 Å². The number of aryl methyl sites for hydroxylation is 1. The predicted octanol–water partition coefficient (Wildman–Crippen LogP) is 3.36. The van der Waals surface area contributed by atoms with Gasteiger partial charge in [-0.3, -0.25) is 0 Å². The van der Waals surface area contributed by atoms with Crippen molar-refractivity contribution in [3.8, 4) is 5.75 Å². The molecule has 1 aromatic carbocycles. The van der Waals surface area contributed by atoms with Gasteiger partial charge >= 0.3 is 0 Å². The maximum Gasteiger partial charge on any atom is 0.189 e. The number of nitrogens with two attached hydrogens (primary N) is 1. The van der Waals surface area contributed by atoms with Crippen LogP contribution in [-0.2, 0) is 6.54 Å². The second kappa shape index (κ2) is 8.46. The van der Waals surface area contributed by atoms with Crippen LogP contribution in [0.5, 0.6) is 5.75 Å². The Hall–Kier alpha value is -0.980. The summed E-state index contributed by atoms with van der Waals surface area (Å²) < 4.78 is 5.97. The molecule has 0 radical (unpaired) electrons. The van der Waals surface area contributed by atoms with Gasteiger partial charge in [0.2, 0.25) is 0 Å². The fourth-order valence-corrected chi connectivity index (χ4v) is 1.85. The molecule has 0 heterocycles. The minimum Gasteiger partial charge on any atom is -0.490 e. The number of hydrogen-bond acceptors (Lipinski definition) is 2. The second-order valence-electron chi connectivity index (χ2n) is 5.57. The summed E-state index contributed by atoms with van der Waals surface area (Å²) in [4.78, 5) is 4.40. The zero-order valence-electron chi connectivity index (χ0n) is 13.1. The maximum atomic E-state index is 5.97. The van der Waals surface area contributed by atoms with Gasteiger partial charge in [0.05, 0.1) is 12.6 Å². The Balaban J connectivity index is 0.00000220. The van der Waals surface area contributed by atoms with Crippen molar-refractivity contribution in [2.75, 3.05) is 0 Å². The number of halogens is 1. The van der Waals surface area contributed by atoms with Gasteiger partial charge in [0.1, 0.15) is 5.75 Å². The van der Waals surface area contributed by atoms with Gasteiger partial charge in [0.25, 0.3) is 0 Å². The van der Waals surface area contributed by atoms with Crippen molar-refractivity contribution in [3.05, 3.63) is 29.3 Å². The molecule has 3 N–H and O–H groups in total. The Morgan fingerprint density at radius 3 is 2.81 bits per heavy atom. The fraction of sp³-hybridized carbons (Fsp3) is 0.562. The average molecular weight is 403 g/mol. The van der Waals surface area contributed by atoms with Gasteiger partial charge in [-0.2, -0.15) is 0 Å². The maximum absolute atomic E-state index is 5.97. The lowest BCUT2D eigenvalue weighted by Gasteiger charge is -2.16. The molecule has 1 saturated carbocycles. The minimum atomic E-state index is 0. The molecule has 1 aliphatic rings. The lowest BCUT2D eigenvalue weighted by atomic mass is 10.1. The molecule has 0 bridgehead atoms. The number of ether oxygens (including phenoxy) is 1. The molecule has 1 aliphatic carbocycles. The Morgan fingerprint density at radius 1 is 1.48 bits per heavy atom. The Bertz CT molecular complexity index is 486. The summed E-state index contributed by atoms with van der Waals surface area (Å²) in [5.41, 5.74) is 8.14. The van der Waals surface area contributed by atoms with Crippen molar-refractivity contribution in [2.45, 2.75) is 58.7 Å². The van der Waals surface area contributed by atoms with Crippen LogP contribution in [0.2, 0.25) is 0 Å². The Labute approximate surface area is 144 Å². The topological polar surface area (TPSA) is 59.6 Å². The molecular weight excluding hydrogens is 377 g/mol. The van der Waals surface area contributed by atoms with Crippen LogP contribution < -0.4 is 15.8 Å². The highest BCUT2D eigenvalue weighted by Gasteiger charge is 2.21. The van der Waals surface area contributed by atoms with Gasteiger partial charge in [-0.05, 0) is 44.7 Å². The molecule has 1 unspecified atom stereocenters. The molecule has 21 heavy (non-hydrogen) atoms. The number of hydrogen-bond donors (Lipinski definition) is 2. The summed E-state index contributed by atoms with van der Waals surface area (Å²) in [7, 11) is 0. The highest BCUT2D eigenvalue weighted by molar-refractivity contribution is 14.0. The molecule has 0 aromatic heterocycles. The quantitative estimate of drug-likeness (QED) is 0.435. The van der Waals surface area contributed by atoms with Crippen LogP contribution in [0, 0.1) is 6.92 Å². The number of nitrogens with one attached hydrogen (secondary N) is 1. The monoisotopic (exact) mass is 403 g/mol. The summed E-state index contributed by atoms with van der Waals surface area (Å²) in [6, 6.07) is 6.76. The van der Waals surface area contributed by atoms with Gasteiger partial charge < -0.3 is 15.8 Å². The first-order valence-corrected chi connectivity index (χ1v) is 7.41. The zero-order valence-corrected chi connectivity index (χ0v) is 15.4. The molecule has 0 aliphatic heterocycles. The van der Waals surface area contributed by atoms with Crippen molar-refractivity contribution in [1.29, 1.82) is 0 Å². The van der Waals surface area contributed by atoms with Gasteiger partial charge in [0, 0.05) is 11.6 Å². The molecule has 5 heteroatoms. The second-order valence-corrected chi connectivity index (χ2v) is 5.57. The third kappa shape index (κ3) is 6.11. The van der Waals surface area contributed by atoms with E-state index in [9.17, 15) is 0 Å². The number of benzene rings is 1. The van der Waals surface area contributed by atoms with Crippen LogP contribution in [0.1, 0.15) is 44.2 Å². The molecular formula is C16H26IN3O. The Morgan fingerprint density at radius 2 is 2.19 bits per heavy atom. The van der Waals surface area contributed by atoms with E-state index in [1.165, 1.54) is 18.4 Å². The van der Waals surface area contributed by atoms with Crippen LogP contribution in [0.15, 0.2) is 23.2 Å². The third-order valence-corrected chi connectivity index (χ3v) is 3.47. The van der Waals surface area contributed by atoms with E-state index in [0.717, 1.165) is 17.7 Å². The van der Waals surface area contributed by atoms with E-state index >= 15 is 0 Å². The normalized spacial score (nSPS) is 16.0. The summed E-state index contributed by atoms with van der Waals surface area (Å²) in [5, 5.41) is 3.19. The molecule has 4 nitrogen and oxygen atoms in total. The lowest BCUT2D eigenvalue weighted by molar-refractivity contribution is 0.215. The van der Waals surface area contributed by atoms with E-state index in [1.807, 2.05) is 0 Å². The van der Waals surface area contributed by atoms with Crippen molar-refractivity contribution in [1.82, 2.24) is 5.32 Å². The number of aliphatic imine (C=N–C) groups is 1. The number of guanidine groups is 1. The van der Waals surface area contributed by atoms with Crippen LogP contribution in [0.4, 0.5) is 0 Å². The van der Waals surface area contributed by atoms with Crippen molar-refractivity contribution >= 4 is 29.9 Å². The van der Waals surface area contributed by atoms with E-state index in [1.54, 1.807) is 0 Å². The molecule has 1 fully saturated rings. The van der Waals surface area contributed by atoms with Crippen molar-refractivity contribution in [3.63, 3.8) is 0 Å². The summed E-state index contributed by atoms with van der Waals surface area (Å²) in [6.07, 6.45) is 3.59. The first-order chi connectivity index (χ1) is 9.58. The van der Waals surface area contributed by atoms with Crippen molar-refractivity contribution in [2.24, 2.45) is 10.7 Å². The molecule has 118 valence electrons. The van der Waals surface area contributed by atoms with Gasteiger partial charge in [-0.15, -0.1) is 24.0 Å². The average Bonchev–Trinajstić information content (AvgIpc) is 3.21. The Kier molecular flexibility index (Phi) is 7.28. The first kappa shape index (κ1) is 18.1. The predicted molar refractivity (Wildman–Crippen MR) is 98.5 cm³/mol. The van der Waals surface area contributed by atoms with Crippen LogP contribution in [-0.4, -0.2) is 18.1 Å². The summed E-state index contributed by atoms with van der Waals surface area (Å²) in [5.74, 6) is 1.45. The SMILES string of the molecule is CCC(C)Oc1cc(C)ccc1CN=C(N)NC1CC1.I. The standard InChI is InChI=1S/C16H25N3O.HI/c1-4-12(3)20-15-9-11(2)5-6-13(15)10-18-16(17)19-14-7-8-14;/h5-6,9,12,14H,4,7-8,10H2,1-3H3,(H3,17,18,19);1H. The molecule has 1 aromatic rings. The number of rotatable bonds is 6. The van der Waals surface area contributed by atoms with Crippen LogP contribution in [0.25, 0.3) is 0 Å². The zero-order chi connectivity index (χ0) is 14.5. The highest BCUT2D eigenvalue weighted by atomic mass is 127. The number of nitrogens with zero attached hydrogens (tertiary/aromatic N) is 1. The highest BCUT2D eigenvalue weighted by Crippen LogP contribution is 2.23. The van der Waals surface area contributed by atoms with Gasteiger partial charge in [-0.1, -0.05) is 19.1 Å². The summed E-state index contributed by atoms with van der Waals surface area (Å²) >= 11 is 0. The molecule has 1 atom stereocenters. The van der Waals surface area contributed by atoms with Crippen LogP contribution in [0.3, 0.4) is 0 Å². The third-order valence-electron chi connectivity index (χ3n) is 3.47. The first-order valence-electron chi connectivity index (χ1n) is 7.41. The van der Waals surface area contributed by atoms with Crippen molar-refractivity contribution < 1.29 is 4.74 Å². The molecule has 0 spiro atoms. The van der Waals surface area contributed by atoms with E-state index in [-0.39, 0.29) is 30.1 Å². The molecule has 2 rings (SSSR count).